The fourth-order valence-electron chi connectivity index (χ4n) is 9.21. The van der Waals surface area contributed by atoms with Crippen LogP contribution in [0.3, 0.4) is 0 Å². The third kappa shape index (κ3) is 11.0. The third-order valence-electron chi connectivity index (χ3n) is 13.0. The first-order valence-corrected chi connectivity index (χ1v) is 20.9. The minimum absolute atomic E-state index is 0.0939. The Hall–Kier alpha value is -1.05. The second kappa shape index (κ2) is 20.0. The normalized spacial score (nSPS) is 47.9. The van der Waals surface area contributed by atoms with E-state index in [1.54, 1.807) is 34.6 Å². The summed E-state index contributed by atoms with van der Waals surface area (Å²) in [7, 11) is 5.31. The molecule has 0 aromatic carbocycles. The van der Waals surface area contributed by atoms with Crippen LogP contribution in [-0.2, 0) is 33.2 Å². The number of rotatable bonds is 11. The summed E-state index contributed by atoms with van der Waals surface area (Å²) in [6.07, 6.45) is -6.71. The lowest BCUT2D eigenvalue weighted by molar-refractivity contribution is -0.336. The van der Waals surface area contributed by atoms with E-state index in [0.29, 0.717) is 19.5 Å². The van der Waals surface area contributed by atoms with E-state index < -0.39 is 95.5 Å². The number of esters is 1. The standard InChI is InChI=1S/C41H79N3O12/c1-15-17-42-22-41(50)28(8)53-31(20-39(41,10)51-14)55-33-25(5)35(56-37-32(45)29(44(12)13)18-24(4)52-37)38(9,48)19-23(3)21-43-27(7)34(46)40(11,49)30(16-2)54-36(47)26(33)6/h23-35,37,42-43,45-46,48-50H,15-22H2,1-14H3/t23-,24-,25+,26-,27-,28+,29+,30-,31+,32-,33+,34-,35-,37+,38-,39-,40-,41-/m1/s1. The van der Waals surface area contributed by atoms with Crippen LogP contribution < -0.4 is 10.6 Å². The van der Waals surface area contributed by atoms with Crippen molar-refractivity contribution in [3.63, 3.8) is 0 Å². The summed E-state index contributed by atoms with van der Waals surface area (Å²) in [6.45, 7) is 20.9. The van der Waals surface area contributed by atoms with E-state index in [1.165, 1.54) is 14.0 Å². The zero-order chi connectivity index (χ0) is 42.6. The van der Waals surface area contributed by atoms with Gasteiger partial charge in [-0.15, -0.1) is 0 Å². The maximum atomic E-state index is 14.3. The Balaban J connectivity index is 2.16. The Morgan fingerprint density at radius 2 is 1.61 bits per heavy atom. The van der Waals surface area contributed by atoms with E-state index in [1.807, 2.05) is 53.6 Å². The molecular weight excluding hydrogens is 726 g/mol. The summed E-state index contributed by atoms with van der Waals surface area (Å²) < 4.78 is 38.3. The molecule has 0 radical (unpaired) electrons. The van der Waals surface area contributed by atoms with Gasteiger partial charge in [0.1, 0.15) is 35.1 Å². The van der Waals surface area contributed by atoms with Crippen LogP contribution in [0.1, 0.15) is 108 Å². The average molecular weight is 806 g/mol. The average Bonchev–Trinajstić information content (AvgIpc) is 3.12. The largest absolute Gasteiger partial charge is 0.459 e. The molecule has 3 aliphatic rings. The van der Waals surface area contributed by atoms with E-state index in [2.05, 4.69) is 10.6 Å². The predicted molar refractivity (Wildman–Crippen MR) is 212 cm³/mol. The molecule has 15 heteroatoms. The number of carbonyl (C=O) groups is 1. The van der Waals surface area contributed by atoms with Crippen LogP contribution in [0.4, 0.5) is 0 Å². The molecule has 0 saturated carbocycles. The first-order chi connectivity index (χ1) is 25.9. The van der Waals surface area contributed by atoms with Crippen molar-refractivity contribution < 1.29 is 58.7 Å². The number of methoxy groups -OCH3 is 1. The second-order valence-electron chi connectivity index (χ2n) is 18.2. The van der Waals surface area contributed by atoms with E-state index >= 15 is 0 Å². The molecule has 15 nitrogen and oxygen atoms in total. The Labute approximate surface area is 336 Å². The summed E-state index contributed by atoms with van der Waals surface area (Å²) in [5, 5.41) is 65.8. The summed E-state index contributed by atoms with van der Waals surface area (Å²) in [6, 6.07) is -0.877. The number of nitrogens with zero attached hydrogens (tertiary/aromatic N) is 1. The van der Waals surface area contributed by atoms with Gasteiger partial charge in [0.25, 0.3) is 0 Å². The molecule has 0 aromatic heterocycles. The van der Waals surface area contributed by atoms with Crippen molar-refractivity contribution in [1.29, 1.82) is 0 Å². The van der Waals surface area contributed by atoms with E-state index in [-0.39, 0.29) is 43.9 Å². The summed E-state index contributed by atoms with van der Waals surface area (Å²) in [5.74, 6) is -2.66. The first-order valence-electron chi connectivity index (χ1n) is 20.9. The van der Waals surface area contributed by atoms with Gasteiger partial charge in [0.05, 0.1) is 35.9 Å². The van der Waals surface area contributed by atoms with Crippen LogP contribution in [0.25, 0.3) is 0 Å². The highest BCUT2D eigenvalue weighted by Crippen LogP contribution is 2.43. The third-order valence-corrected chi connectivity index (χ3v) is 13.0. The van der Waals surface area contributed by atoms with Crippen molar-refractivity contribution in [2.45, 2.75) is 198 Å². The van der Waals surface area contributed by atoms with Crippen LogP contribution in [0.2, 0.25) is 0 Å². The Kier molecular flexibility index (Phi) is 17.6. The van der Waals surface area contributed by atoms with Gasteiger partial charge in [-0.3, -0.25) is 4.79 Å². The van der Waals surface area contributed by atoms with Crippen LogP contribution in [-0.4, -0.2) is 167 Å². The van der Waals surface area contributed by atoms with Crippen molar-refractivity contribution in [1.82, 2.24) is 15.5 Å². The van der Waals surface area contributed by atoms with Crippen molar-refractivity contribution in [3.05, 3.63) is 0 Å². The summed E-state index contributed by atoms with van der Waals surface area (Å²) in [4.78, 5) is 16.2. The predicted octanol–water partition coefficient (Wildman–Crippen LogP) is 1.93. The van der Waals surface area contributed by atoms with Crippen molar-refractivity contribution in [3.8, 4) is 0 Å². The number of hydrogen-bond acceptors (Lipinski definition) is 15. The number of hydrogen-bond donors (Lipinski definition) is 7. The van der Waals surface area contributed by atoms with E-state index in [9.17, 15) is 30.3 Å². The number of carbonyl (C=O) groups excluding carboxylic acids is 1. The van der Waals surface area contributed by atoms with Crippen LogP contribution in [0.15, 0.2) is 0 Å². The van der Waals surface area contributed by atoms with Crippen LogP contribution >= 0.6 is 0 Å². The van der Waals surface area contributed by atoms with E-state index in [4.69, 9.17) is 28.4 Å². The smallest absolute Gasteiger partial charge is 0.311 e. The quantitative estimate of drug-likeness (QED) is 0.118. The molecule has 0 bridgehead atoms. The summed E-state index contributed by atoms with van der Waals surface area (Å²) >= 11 is 0. The molecule has 56 heavy (non-hydrogen) atoms. The molecule has 7 N–H and O–H groups in total. The first kappa shape index (κ1) is 49.3. The molecule has 0 aromatic rings. The van der Waals surface area contributed by atoms with E-state index in [0.717, 1.165) is 6.42 Å². The minimum Gasteiger partial charge on any atom is -0.459 e. The van der Waals surface area contributed by atoms with Crippen molar-refractivity contribution >= 4 is 5.97 Å². The fraction of sp³-hybridized carbons (Fsp3) is 0.976. The zero-order valence-corrected chi connectivity index (χ0v) is 36.8. The number of likely N-dealkylation sites (N-methyl/N-ethyl adjacent to an activating group) is 1. The molecule has 0 unspecified atom stereocenters. The number of ether oxygens (including phenoxy) is 6. The topological polar surface area (TPSA) is 201 Å². The lowest BCUT2D eigenvalue weighted by Gasteiger charge is -2.53. The Bertz CT molecular complexity index is 1230. The Morgan fingerprint density at radius 1 is 0.964 bits per heavy atom. The van der Waals surface area contributed by atoms with Crippen molar-refractivity contribution in [2.24, 2.45) is 17.8 Å². The van der Waals surface area contributed by atoms with Gasteiger partial charge in [0.2, 0.25) is 0 Å². The molecule has 3 heterocycles. The highest BCUT2D eigenvalue weighted by molar-refractivity contribution is 5.73. The fourth-order valence-corrected chi connectivity index (χ4v) is 9.21. The lowest BCUT2D eigenvalue weighted by atomic mass is 9.75. The molecule has 3 rings (SSSR count). The molecule has 0 amide bonds. The number of aliphatic hydroxyl groups excluding tert-OH is 2. The number of aliphatic hydroxyl groups is 5. The molecule has 0 aliphatic carbocycles. The highest BCUT2D eigenvalue weighted by Gasteiger charge is 2.58. The summed E-state index contributed by atoms with van der Waals surface area (Å²) in [5.41, 5.74) is -5.95. The minimum atomic E-state index is -1.81. The maximum Gasteiger partial charge on any atom is 0.311 e. The molecule has 3 saturated heterocycles. The number of cyclic esters (lactones) is 1. The lowest BCUT2D eigenvalue weighted by Crippen LogP contribution is -2.70. The van der Waals surface area contributed by atoms with Gasteiger partial charge in [-0.2, -0.15) is 0 Å². The molecule has 18 atom stereocenters. The monoisotopic (exact) mass is 806 g/mol. The van der Waals surface area contributed by atoms with Crippen LogP contribution in [0.5, 0.6) is 0 Å². The van der Waals surface area contributed by atoms with Crippen molar-refractivity contribution in [2.75, 3.05) is 40.8 Å². The van der Waals surface area contributed by atoms with Gasteiger partial charge in [0.15, 0.2) is 12.6 Å². The van der Waals surface area contributed by atoms with Crippen LogP contribution in [0, 0.1) is 17.8 Å². The van der Waals surface area contributed by atoms with Gasteiger partial charge in [-0.1, -0.05) is 27.7 Å². The highest BCUT2D eigenvalue weighted by atomic mass is 16.7. The van der Waals surface area contributed by atoms with Gasteiger partial charge >= 0.3 is 5.97 Å². The van der Waals surface area contributed by atoms with Gasteiger partial charge in [-0.05, 0) is 107 Å². The van der Waals surface area contributed by atoms with Gasteiger partial charge in [0, 0.05) is 38.1 Å². The second-order valence-corrected chi connectivity index (χ2v) is 18.2. The molecular formula is C41H79N3O12. The number of nitrogens with one attached hydrogen (secondary N) is 2. The molecule has 3 aliphatic heterocycles. The SMILES string of the molecule is CCCNC[C@@]1(O)[C@H](C)O[C@@H](O[C@H]2[C@H](C)[C@@H](O[C@@H]3O[C@H](C)C[C@H](N(C)C)[C@H]3O)[C@](C)(O)C[C@@H](C)CN[C@H](C)[C@@H](O)[C@](C)(O)[C@@H](CC)OC(=O)[C@@H]2C)C[C@@]1(C)OC. The Morgan fingerprint density at radius 3 is 2.18 bits per heavy atom. The molecule has 0 spiro atoms. The van der Waals surface area contributed by atoms with Gasteiger partial charge < -0.3 is 69.5 Å². The van der Waals surface area contributed by atoms with Gasteiger partial charge in [-0.25, -0.2) is 0 Å². The maximum absolute atomic E-state index is 14.3. The molecule has 330 valence electrons. The zero-order valence-electron chi connectivity index (χ0n) is 36.8. The molecule has 3 fully saturated rings.